The highest BCUT2D eigenvalue weighted by Gasteiger charge is 2.44. The number of carbonyl (C=O) groups excluding carboxylic acids is 3. The topological polar surface area (TPSA) is 102 Å². The van der Waals surface area contributed by atoms with E-state index in [1.807, 2.05) is 4.90 Å². The van der Waals surface area contributed by atoms with Crippen LogP contribution in [0, 0.1) is 5.92 Å². The molecule has 2 saturated heterocycles. The maximum atomic E-state index is 12.9. The molecule has 3 amide bonds. The molecule has 8 nitrogen and oxygen atoms in total. The van der Waals surface area contributed by atoms with Gasteiger partial charge in [0.05, 0.1) is 18.2 Å². The lowest BCUT2D eigenvalue weighted by Crippen LogP contribution is -2.47. The SMILES string of the molecule is NC(=O)C1CCN(C2CC(=O)N(c3ccc4c(c3)OCCO4)C2=O)CC1. The summed E-state index contributed by atoms with van der Waals surface area (Å²) in [6.07, 6.45) is 1.39. The van der Waals surface area contributed by atoms with E-state index in [2.05, 4.69) is 0 Å². The molecule has 1 aromatic rings. The van der Waals surface area contributed by atoms with Crippen LogP contribution in [0.2, 0.25) is 0 Å². The number of nitrogens with zero attached hydrogens (tertiary/aromatic N) is 2. The monoisotopic (exact) mass is 359 g/mol. The Kier molecular flexibility index (Phi) is 4.28. The second kappa shape index (κ2) is 6.60. The zero-order valence-electron chi connectivity index (χ0n) is 14.3. The molecular formula is C18H21N3O5. The molecule has 26 heavy (non-hydrogen) atoms. The maximum Gasteiger partial charge on any atom is 0.251 e. The molecule has 1 aromatic carbocycles. The molecule has 2 N–H and O–H groups in total. The van der Waals surface area contributed by atoms with Gasteiger partial charge in [0.15, 0.2) is 11.5 Å². The van der Waals surface area contributed by atoms with E-state index in [-0.39, 0.29) is 30.1 Å². The van der Waals surface area contributed by atoms with E-state index in [9.17, 15) is 14.4 Å². The first-order valence-electron chi connectivity index (χ1n) is 8.84. The van der Waals surface area contributed by atoms with Crippen LogP contribution >= 0.6 is 0 Å². The quantitative estimate of drug-likeness (QED) is 0.778. The van der Waals surface area contributed by atoms with Crippen molar-refractivity contribution in [3.05, 3.63) is 18.2 Å². The van der Waals surface area contributed by atoms with Crippen molar-refractivity contribution in [3.63, 3.8) is 0 Å². The standard InChI is InChI=1S/C18H21N3O5/c19-17(23)11-3-5-20(6-4-11)13-10-16(22)21(18(13)24)12-1-2-14-15(9-12)26-8-7-25-14/h1-2,9,11,13H,3-8,10H2,(H2,19,23). The Morgan fingerprint density at radius 2 is 1.77 bits per heavy atom. The minimum Gasteiger partial charge on any atom is -0.486 e. The molecule has 0 spiro atoms. The average molecular weight is 359 g/mol. The summed E-state index contributed by atoms with van der Waals surface area (Å²) in [5.74, 6) is 0.255. The number of amides is 3. The summed E-state index contributed by atoms with van der Waals surface area (Å²) in [5, 5.41) is 0. The molecule has 1 atom stereocenters. The van der Waals surface area contributed by atoms with Crippen LogP contribution in [0.5, 0.6) is 11.5 Å². The fraction of sp³-hybridized carbons (Fsp3) is 0.500. The number of nitrogens with two attached hydrogens (primary N) is 1. The third-order valence-corrected chi connectivity index (χ3v) is 5.28. The summed E-state index contributed by atoms with van der Waals surface area (Å²) >= 11 is 0. The van der Waals surface area contributed by atoms with Crippen LogP contribution in [0.25, 0.3) is 0 Å². The summed E-state index contributed by atoms with van der Waals surface area (Å²) in [6, 6.07) is 4.61. The zero-order valence-corrected chi connectivity index (χ0v) is 14.3. The van der Waals surface area contributed by atoms with Gasteiger partial charge >= 0.3 is 0 Å². The van der Waals surface area contributed by atoms with E-state index >= 15 is 0 Å². The maximum absolute atomic E-state index is 12.9. The molecule has 0 aliphatic carbocycles. The van der Waals surface area contributed by atoms with Crippen LogP contribution in [-0.2, 0) is 14.4 Å². The minimum atomic E-state index is -0.482. The van der Waals surface area contributed by atoms with Crippen LogP contribution in [0.3, 0.4) is 0 Å². The fourth-order valence-electron chi connectivity index (χ4n) is 3.84. The van der Waals surface area contributed by atoms with Crippen molar-refractivity contribution < 1.29 is 23.9 Å². The molecule has 0 bridgehead atoms. The number of anilines is 1. The molecule has 3 aliphatic heterocycles. The van der Waals surface area contributed by atoms with Crippen LogP contribution in [0.15, 0.2) is 18.2 Å². The van der Waals surface area contributed by atoms with E-state index in [4.69, 9.17) is 15.2 Å². The highest BCUT2D eigenvalue weighted by molar-refractivity contribution is 6.22. The van der Waals surface area contributed by atoms with E-state index in [1.165, 1.54) is 4.90 Å². The van der Waals surface area contributed by atoms with Gasteiger partial charge in [-0.2, -0.15) is 0 Å². The van der Waals surface area contributed by atoms with Crippen molar-refractivity contribution in [3.8, 4) is 11.5 Å². The molecule has 0 aromatic heterocycles. The number of hydrogen-bond acceptors (Lipinski definition) is 6. The third-order valence-electron chi connectivity index (χ3n) is 5.28. The zero-order chi connectivity index (χ0) is 18.3. The lowest BCUT2D eigenvalue weighted by atomic mass is 9.95. The molecule has 1 unspecified atom stereocenters. The van der Waals surface area contributed by atoms with E-state index in [0.717, 1.165) is 0 Å². The van der Waals surface area contributed by atoms with Gasteiger partial charge in [-0.05, 0) is 38.1 Å². The predicted molar refractivity (Wildman–Crippen MR) is 91.8 cm³/mol. The second-order valence-electron chi connectivity index (χ2n) is 6.83. The van der Waals surface area contributed by atoms with E-state index in [0.29, 0.717) is 56.3 Å². The first-order valence-corrected chi connectivity index (χ1v) is 8.84. The van der Waals surface area contributed by atoms with Gasteiger partial charge in [0.25, 0.3) is 5.91 Å². The van der Waals surface area contributed by atoms with Gasteiger partial charge < -0.3 is 15.2 Å². The molecule has 2 fully saturated rings. The number of ether oxygens (including phenoxy) is 2. The van der Waals surface area contributed by atoms with Crippen LogP contribution in [-0.4, -0.2) is 55.0 Å². The van der Waals surface area contributed by atoms with Crippen LogP contribution in [0.1, 0.15) is 19.3 Å². The Bertz CT molecular complexity index is 757. The Morgan fingerprint density at radius 3 is 2.46 bits per heavy atom. The fourth-order valence-corrected chi connectivity index (χ4v) is 3.84. The summed E-state index contributed by atoms with van der Waals surface area (Å²) in [6.45, 7) is 2.10. The highest BCUT2D eigenvalue weighted by atomic mass is 16.6. The Balaban J connectivity index is 1.50. The first kappa shape index (κ1) is 16.8. The molecule has 138 valence electrons. The molecule has 8 heteroatoms. The van der Waals surface area contributed by atoms with Gasteiger partial charge in [-0.15, -0.1) is 0 Å². The molecule has 4 rings (SSSR count). The van der Waals surface area contributed by atoms with Gasteiger partial charge in [-0.1, -0.05) is 0 Å². The normalized spacial score (nSPS) is 24.2. The average Bonchev–Trinajstić information content (AvgIpc) is 2.95. The van der Waals surface area contributed by atoms with Crippen molar-refractivity contribution >= 4 is 23.4 Å². The van der Waals surface area contributed by atoms with Gasteiger partial charge in [0.2, 0.25) is 11.8 Å². The summed E-state index contributed by atoms with van der Waals surface area (Å²) in [4.78, 5) is 39.9. The first-order chi connectivity index (χ1) is 12.5. The number of hydrogen-bond donors (Lipinski definition) is 1. The predicted octanol–water partition coefficient (Wildman–Crippen LogP) is 0.287. The van der Waals surface area contributed by atoms with E-state index < -0.39 is 6.04 Å². The molecule has 0 radical (unpaired) electrons. The Morgan fingerprint density at radius 1 is 1.08 bits per heavy atom. The molecule has 3 aliphatic rings. The summed E-state index contributed by atoms with van der Waals surface area (Å²) < 4.78 is 11.0. The number of carbonyl (C=O) groups is 3. The number of rotatable bonds is 3. The number of imide groups is 1. The van der Waals surface area contributed by atoms with Crippen molar-refractivity contribution in [2.24, 2.45) is 11.7 Å². The minimum absolute atomic E-state index is 0.146. The lowest BCUT2D eigenvalue weighted by molar-refractivity contribution is -0.124. The second-order valence-corrected chi connectivity index (χ2v) is 6.83. The van der Waals surface area contributed by atoms with Crippen LogP contribution < -0.4 is 20.1 Å². The van der Waals surface area contributed by atoms with Crippen molar-refractivity contribution in [2.75, 3.05) is 31.2 Å². The number of primary amides is 1. The third kappa shape index (κ3) is 2.90. The number of piperidine rings is 1. The van der Waals surface area contributed by atoms with Gasteiger partial charge in [0, 0.05) is 12.0 Å². The lowest BCUT2D eigenvalue weighted by Gasteiger charge is -2.33. The van der Waals surface area contributed by atoms with E-state index in [1.54, 1.807) is 18.2 Å². The largest absolute Gasteiger partial charge is 0.486 e. The summed E-state index contributed by atoms with van der Waals surface area (Å²) in [7, 11) is 0. The van der Waals surface area contributed by atoms with Crippen molar-refractivity contribution in [2.45, 2.75) is 25.3 Å². The van der Waals surface area contributed by atoms with Gasteiger partial charge in [-0.3, -0.25) is 19.3 Å². The number of benzene rings is 1. The molecule has 0 saturated carbocycles. The molecule has 3 heterocycles. The van der Waals surface area contributed by atoms with Gasteiger partial charge in [0.1, 0.15) is 13.2 Å². The van der Waals surface area contributed by atoms with Crippen molar-refractivity contribution in [1.82, 2.24) is 4.90 Å². The van der Waals surface area contributed by atoms with Crippen molar-refractivity contribution in [1.29, 1.82) is 0 Å². The number of likely N-dealkylation sites (tertiary alicyclic amines) is 1. The molecular weight excluding hydrogens is 338 g/mol. The Labute approximate surface area is 150 Å². The Hall–Kier alpha value is -2.61. The van der Waals surface area contributed by atoms with Gasteiger partial charge in [-0.25, -0.2) is 4.90 Å². The highest BCUT2D eigenvalue weighted by Crippen LogP contribution is 2.36. The smallest absolute Gasteiger partial charge is 0.251 e. The summed E-state index contributed by atoms with van der Waals surface area (Å²) in [5.41, 5.74) is 5.86. The van der Waals surface area contributed by atoms with Crippen LogP contribution in [0.4, 0.5) is 5.69 Å². The number of fused-ring (bicyclic) bond motifs is 1.